The van der Waals surface area contributed by atoms with E-state index in [1.807, 2.05) is 13.8 Å². The van der Waals surface area contributed by atoms with E-state index in [9.17, 15) is 8.42 Å². The van der Waals surface area contributed by atoms with Crippen LogP contribution < -0.4 is 5.73 Å². The van der Waals surface area contributed by atoms with Gasteiger partial charge in [0.1, 0.15) is 4.90 Å². The van der Waals surface area contributed by atoms with Gasteiger partial charge < -0.3 is 5.73 Å². The quantitative estimate of drug-likeness (QED) is 0.819. The van der Waals surface area contributed by atoms with Crippen LogP contribution in [0.1, 0.15) is 20.3 Å². The third kappa shape index (κ3) is 3.49. The van der Waals surface area contributed by atoms with Gasteiger partial charge in [-0.05, 0) is 38.9 Å². The van der Waals surface area contributed by atoms with Gasteiger partial charge in [-0.25, -0.2) is 8.42 Å². The van der Waals surface area contributed by atoms with Gasteiger partial charge >= 0.3 is 0 Å². The summed E-state index contributed by atoms with van der Waals surface area (Å²) in [6, 6.07) is 3.08. The minimum Gasteiger partial charge on any atom is -0.330 e. The maximum Gasteiger partial charge on any atom is 0.244 e. The van der Waals surface area contributed by atoms with Gasteiger partial charge in [-0.2, -0.15) is 4.31 Å². The summed E-state index contributed by atoms with van der Waals surface area (Å²) in [5, 5.41) is 0. The fourth-order valence-electron chi connectivity index (χ4n) is 1.54. The Hall–Kier alpha value is -0.980. The Morgan fingerprint density at radius 1 is 1.47 bits per heavy atom. The second-order valence-corrected chi connectivity index (χ2v) is 5.93. The van der Waals surface area contributed by atoms with Crippen LogP contribution in [0.15, 0.2) is 29.4 Å². The van der Waals surface area contributed by atoms with Gasteiger partial charge in [-0.1, -0.05) is 0 Å². The normalized spacial score (nSPS) is 12.3. The molecule has 2 N–H and O–H groups in total. The summed E-state index contributed by atoms with van der Waals surface area (Å²) in [6.45, 7) is 4.62. The summed E-state index contributed by atoms with van der Waals surface area (Å²) in [4.78, 5) is 4.07. The number of hydrogen-bond acceptors (Lipinski definition) is 4. The van der Waals surface area contributed by atoms with Gasteiger partial charge in [0.25, 0.3) is 0 Å². The molecule has 0 bridgehead atoms. The molecule has 1 heterocycles. The van der Waals surface area contributed by atoms with Gasteiger partial charge in [0.05, 0.1) is 0 Å². The molecule has 1 aromatic heterocycles. The number of nitrogens with zero attached hydrogens (tertiary/aromatic N) is 2. The van der Waals surface area contributed by atoms with Gasteiger partial charge in [0.2, 0.25) is 10.0 Å². The van der Waals surface area contributed by atoms with Crippen LogP contribution in [0.25, 0.3) is 0 Å². The summed E-state index contributed by atoms with van der Waals surface area (Å²) in [5.41, 5.74) is 5.43. The lowest BCUT2D eigenvalue weighted by Crippen LogP contribution is -2.38. The first-order valence-corrected chi connectivity index (χ1v) is 7.06. The summed E-state index contributed by atoms with van der Waals surface area (Å²) >= 11 is 0. The Balaban J connectivity index is 3.01. The predicted molar refractivity (Wildman–Crippen MR) is 66.9 cm³/mol. The maximum atomic E-state index is 12.3. The average Bonchev–Trinajstić information content (AvgIpc) is 2.30. The van der Waals surface area contributed by atoms with Crippen molar-refractivity contribution in [2.45, 2.75) is 31.2 Å². The number of aromatic nitrogens is 1. The van der Waals surface area contributed by atoms with Crippen molar-refractivity contribution in [3.8, 4) is 0 Å². The Morgan fingerprint density at radius 2 is 2.18 bits per heavy atom. The van der Waals surface area contributed by atoms with Crippen molar-refractivity contribution in [1.29, 1.82) is 0 Å². The molecular weight excluding hydrogens is 238 g/mol. The van der Waals surface area contributed by atoms with E-state index in [2.05, 4.69) is 4.98 Å². The van der Waals surface area contributed by atoms with Crippen LogP contribution in [0, 0.1) is 0 Å². The molecule has 1 rings (SSSR count). The van der Waals surface area contributed by atoms with Crippen LogP contribution in [0.3, 0.4) is 0 Å². The topological polar surface area (TPSA) is 76.3 Å². The highest BCUT2D eigenvalue weighted by atomic mass is 32.2. The van der Waals surface area contributed by atoms with Crippen molar-refractivity contribution in [2.75, 3.05) is 13.1 Å². The standard InChI is InChI=1S/C11H19N3O2S/c1-10(2)14(8-4-6-12)17(15,16)11-5-3-7-13-9-11/h3,5,7,9-10H,4,6,8,12H2,1-2H3. The molecule has 0 fully saturated rings. The number of rotatable bonds is 6. The molecule has 0 amide bonds. The lowest BCUT2D eigenvalue weighted by atomic mass is 10.3. The number of sulfonamides is 1. The van der Waals surface area contributed by atoms with E-state index in [1.165, 1.54) is 10.5 Å². The molecule has 0 aliphatic carbocycles. The van der Waals surface area contributed by atoms with E-state index in [0.717, 1.165) is 0 Å². The molecule has 0 aromatic carbocycles. The van der Waals surface area contributed by atoms with Crippen molar-refractivity contribution in [2.24, 2.45) is 5.73 Å². The minimum absolute atomic E-state index is 0.0910. The second-order valence-electron chi connectivity index (χ2n) is 4.04. The molecule has 0 radical (unpaired) electrons. The van der Waals surface area contributed by atoms with Crippen molar-refractivity contribution in [1.82, 2.24) is 9.29 Å². The molecule has 5 nitrogen and oxygen atoms in total. The lowest BCUT2D eigenvalue weighted by molar-refractivity contribution is 0.351. The smallest absolute Gasteiger partial charge is 0.244 e. The van der Waals surface area contributed by atoms with Gasteiger partial charge in [0.15, 0.2) is 0 Å². The number of pyridine rings is 1. The third-order valence-corrected chi connectivity index (χ3v) is 4.46. The highest BCUT2D eigenvalue weighted by Gasteiger charge is 2.26. The van der Waals surface area contributed by atoms with Crippen molar-refractivity contribution < 1.29 is 8.42 Å². The first kappa shape index (κ1) is 14.1. The molecule has 1 aromatic rings. The maximum absolute atomic E-state index is 12.3. The van der Waals surface area contributed by atoms with Crippen molar-refractivity contribution in [3.63, 3.8) is 0 Å². The third-order valence-electron chi connectivity index (χ3n) is 2.40. The van der Waals surface area contributed by atoms with E-state index in [1.54, 1.807) is 18.3 Å². The fourth-order valence-corrected chi connectivity index (χ4v) is 3.18. The predicted octanol–water partition coefficient (Wildman–Crippen LogP) is 0.830. The molecule has 17 heavy (non-hydrogen) atoms. The van der Waals surface area contributed by atoms with Crippen LogP contribution in [0.2, 0.25) is 0 Å². The van der Waals surface area contributed by atoms with E-state index in [4.69, 9.17) is 5.73 Å². The molecule has 0 saturated carbocycles. The zero-order chi connectivity index (χ0) is 12.9. The van der Waals surface area contributed by atoms with E-state index in [0.29, 0.717) is 19.5 Å². The molecule has 0 unspecified atom stereocenters. The van der Waals surface area contributed by atoms with Crippen LogP contribution in [0.5, 0.6) is 0 Å². The fraction of sp³-hybridized carbons (Fsp3) is 0.545. The molecule has 0 spiro atoms. The Bertz CT molecular complexity index is 431. The summed E-state index contributed by atoms with van der Waals surface area (Å²) in [7, 11) is -3.46. The lowest BCUT2D eigenvalue weighted by Gasteiger charge is -2.25. The van der Waals surface area contributed by atoms with Crippen LogP contribution in [-0.4, -0.2) is 36.8 Å². The van der Waals surface area contributed by atoms with Gasteiger partial charge in [0, 0.05) is 25.0 Å². The zero-order valence-corrected chi connectivity index (χ0v) is 11.0. The van der Waals surface area contributed by atoms with Crippen LogP contribution in [-0.2, 0) is 10.0 Å². The van der Waals surface area contributed by atoms with Crippen LogP contribution in [0.4, 0.5) is 0 Å². The first-order chi connectivity index (χ1) is 8.00. The summed E-state index contributed by atoms with van der Waals surface area (Å²) < 4.78 is 26.1. The Kier molecular flexibility index (Phi) is 5.04. The van der Waals surface area contributed by atoms with Crippen molar-refractivity contribution in [3.05, 3.63) is 24.5 Å². The average molecular weight is 257 g/mol. The number of hydrogen-bond donors (Lipinski definition) is 1. The van der Waals surface area contributed by atoms with E-state index in [-0.39, 0.29) is 10.9 Å². The van der Waals surface area contributed by atoms with E-state index >= 15 is 0 Å². The van der Waals surface area contributed by atoms with Crippen molar-refractivity contribution >= 4 is 10.0 Å². The Labute approximate surface area is 103 Å². The van der Waals surface area contributed by atoms with E-state index < -0.39 is 10.0 Å². The molecule has 0 aliphatic rings. The highest BCUT2D eigenvalue weighted by molar-refractivity contribution is 7.89. The first-order valence-electron chi connectivity index (χ1n) is 5.62. The van der Waals surface area contributed by atoms with Crippen LogP contribution >= 0.6 is 0 Å². The summed E-state index contributed by atoms with van der Waals surface area (Å²) in [6.07, 6.45) is 3.57. The molecule has 0 atom stereocenters. The van der Waals surface area contributed by atoms with Gasteiger partial charge in [-0.15, -0.1) is 0 Å². The molecular formula is C11H19N3O2S. The molecule has 96 valence electrons. The second kappa shape index (κ2) is 6.09. The highest BCUT2D eigenvalue weighted by Crippen LogP contribution is 2.17. The minimum atomic E-state index is -3.46. The zero-order valence-electron chi connectivity index (χ0n) is 10.2. The van der Waals surface area contributed by atoms with Gasteiger partial charge in [-0.3, -0.25) is 4.98 Å². The molecule has 0 saturated heterocycles. The largest absolute Gasteiger partial charge is 0.330 e. The monoisotopic (exact) mass is 257 g/mol. The molecule has 6 heteroatoms. The molecule has 0 aliphatic heterocycles. The SMILES string of the molecule is CC(C)N(CCCN)S(=O)(=O)c1cccnc1. The Morgan fingerprint density at radius 3 is 2.65 bits per heavy atom. The summed E-state index contributed by atoms with van der Waals surface area (Å²) in [5.74, 6) is 0. The number of nitrogens with two attached hydrogens (primary N) is 1.